The number of aliphatic imine (C=N–C) groups is 1. The first-order valence-electron chi connectivity index (χ1n) is 3.67. The maximum absolute atomic E-state index is 7.26. The normalized spacial score (nSPS) is 12.4. The molecular weight excluding hydrogens is 152 g/mol. The Hall–Kier alpha value is -1.45. The van der Waals surface area contributed by atoms with E-state index in [1.807, 2.05) is 13.8 Å². The van der Waals surface area contributed by atoms with Gasteiger partial charge in [-0.1, -0.05) is 13.8 Å². The first-order valence-corrected chi connectivity index (χ1v) is 3.67. The number of allylic oxidation sites excluding steroid dienone is 1. The molecule has 0 rings (SSSR count). The lowest BCUT2D eigenvalue weighted by Crippen LogP contribution is -2.19. The van der Waals surface area contributed by atoms with E-state index in [0.29, 0.717) is 5.84 Å². The van der Waals surface area contributed by atoms with Gasteiger partial charge in [0.25, 0.3) is 0 Å². The van der Waals surface area contributed by atoms with Crippen LogP contribution in [0, 0.1) is 16.7 Å². The van der Waals surface area contributed by atoms with Crippen molar-refractivity contribution >= 4 is 17.9 Å². The summed E-state index contributed by atoms with van der Waals surface area (Å²) < 4.78 is 0. The van der Waals surface area contributed by atoms with Gasteiger partial charge in [-0.15, -0.1) is 0 Å². The Labute approximate surface area is 72.2 Å². The summed E-state index contributed by atoms with van der Waals surface area (Å²) in [6.07, 6.45) is 3.94. The number of hydrogen-bond acceptors (Lipinski definition) is 2. The highest BCUT2D eigenvalue weighted by Gasteiger charge is 1.98. The molecule has 0 amide bonds. The van der Waals surface area contributed by atoms with E-state index < -0.39 is 0 Å². The van der Waals surface area contributed by atoms with Crippen molar-refractivity contribution in [2.45, 2.75) is 13.8 Å². The second-order valence-electron chi connectivity index (χ2n) is 2.60. The molecule has 0 fully saturated rings. The van der Waals surface area contributed by atoms with Crippen LogP contribution in [0.4, 0.5) is 0 Å². The maximum Gasteiger partial charge on any atom is 0.146 e. The third kappa shape index (κ3) is 4.38. The molecule has 0 aliphatic carbocycles. The number of amidine groups is 2. The van der Waals surface area contributed by atoms with Gasteiger partial charge in [0.15, 0.2) is 0 Å². The lowest BCUT2D eigenvalue weighted by Gasteiger charge is -2.01. The predicted molar refractivity (Wildman–Crippen MR) is 52.1 cm³/mol. The topological polar surface area (TPSA) is 86.1 Å². The van der Waals surface area contributed by atoms with Crippen molar-refractivity contribution in [3.8, 4) is 0 Å². The molecule has 0 radical (unpaired) electrons. The fraction of sp³-hybridized carbons (Fsp3) is 0.375. The van der Waals surface area contributed by atoms with Gasteiger partial charge in [0.05, 0.1) is 0 Å². The van der Waals surface area contributed by atoms with E-state index in [0.717, 1.165) is 6.21 Å². The van der Waals surface area contributed by atoms with Crippen LogP contribution in [-0.2, 0) is 0 Å². The molecule has 0 saturated heterocycles. The Morgan fingerprint density at radius 2 is 2.08 bits per heavy atom. The Bertz CT molecular complexity index is 225. The highest BCUT2D eigenvalue weighted by atomic mass is 14.9. The van der Waals surface area contributed by atoms with Crippen molar-refractivity contribution in [1.82, 2.24) is 0 Å². The van der Waals surface area contributed by atoms with Crippen LogP contribution in [-0.4, -0.2) is 17.9 Å². The fourth-order valence-electron chi connectivity index (χ4n) is 0.445. The molecule has 0 aliphatic heterocycles. The number of hydrogen-bond donors (Lipinski definition) is 3. The number of nitrogens with two attached hydrogens (primary N) is 1. The fourth-order valence-corrected chi connectivity index (χ4v) is 0.445. The van der Waals surface area contributed by atoms with Gasteiger partial charge < -0.3 is 11.1 Å². The zero-order valence-corrected chi connectivity index (χ0v) is 7.33. The summed E-state index contributed by atoms with van der Waals surface area (Å²) in [7, 11) is 0. The minimum absolute atomic E-state index is 0.0738. The van der Waals surface area contributed by atoms with Crippen molar-refractivity contribution in [1.29, 1.82) is 10.8 Å². The molecule has 0 spiro atoms. The summed E-state index contributed by atoms with van der Waals surface area (Å²) in [5, 5.41) is 13.9. The molecule has 66 valence electrons. The van der Waals surface area contributed by atoms with E-state index in [9.17, 15) is 0 Å². The van der Waals surface area contributed by atoms with Crippen molar-refractivity contribution in [2.24, 2.45) is 16.6 Å². The van der Waals surface area contributed by atoms with Crippen LogP contribution in [0.3, 0.4) is 0 Å². The third-order valence-electron chi connectivity index (χ3n) is 1.19. The quantitative estimate of drug-likeness (QED) is 0.426. The zero-order valence-electron chi connectivity index (χ0n) is 7.33. The minimum atomic E-state index is 0.0738. The molecule has 4 nitrogen and oxygen atoms in total. The van der Waals surface area contributed by atoms with E-state index in [4.69, 9.17) is 16.6 Å². The molecule has 4 heteroatoms. The number of nitrogens with one attached hydrogen (secondary N) is 2. The average molecular weight is 166 g/mol. The summed E-state index contributed by atoms with van der Waals surface area (Å²) in [5.74, 6) is 0.665. The summed E-state index contributed by atoms with van der Waals surface area (Å²) in [6, 6.07) is 0. The minimum Gasteiger partial charge on any atom is -0.387 e. The average Bonchev–Trinajstić information content (AvgIpc) is 2.00. The number of rotatable bonds is 3. The standard InChI is InChI=1S/C8H14N4/c1-6(2)8(11)12-7(10)4-3-5-9/h3-6,9H,1-2H3,(H3,10,11,12)/b4-3-,9-5?. The highest BCUT2D eigenvalue weighted by molar-refractivity contribution is 6.02. The van der Waals surface area contributed by atoms with Gasteiger partial charge in [-0.05, 0) is 12.2 Å². The molecule has 4 N–H and O–H groups in total. The predicted octanol–water partition coefficient (Wildman–Crippen LogP) is 1.18. The molecule has 12 heavy (non-hydrogen) atoms. The Morgan fingerprint density at radius 1 is 1.50 bits per heavy atom. The van der Waals surface area contributed by atoms with Gasteiger partial charge >= 0.3 is 0 Å². The third-order valence-corrected chi connectivity index (χ3v) is 1.19. The Morgan fingerprint density at radius 3 is 2.50 bits per heavy atom. The van der Waals surface area contributed by atoms with Gasteiger partial charge in [-0.2, -0.15) is 0 Å². The zero-order chi connectivity index (χ0) is 9.56. The van der Waals surface area contributed by atoms with E-state index in [-0.39, 0.29) is 11.8 Å². The molecule has 0 saturated carbocycles. The summed E-state index contributed by atoms with van der Waals surface area (Å²) >= 11 is 0. The Kier molecular flexibility index (Phi) is 4.60. The monoisotopic (exact) mass is 166 g/mol. The molecular formula is C8H14N4. The second-order valence-corrected chi connectivity index (χ2v) is 2.60. The van der Waals surface area contributed by atoms with Gasteiger partial charge in [0.2, 0.25) is 0 Å². The smallest absolute Gasteiger partial charge is 0.146 e. The van der Waals surface area contributed by atoms with Crippen LogP contribution in [0.2, 0.25) is 0 Å². The highest BCUT2D eigenvalue weighted by Crippen LogP contribution is 1.92. The SMILES string of the molecule is CC(C)C(N)=NC(=N)/C=C\C=N. The summed E-state index contributed by atoms with van der Waals surface area (Å²) in [5.41, 5.74) is 5.51. The summed E-state index contributed by atoms with van der Waals surface area (Å²) in [4.78, 5) is 3.80. The molecule has 0 aromatic rings. The van der Waals surface area contributed by atoms with Crippen LogP contribution in [0.1, 0.15) is 13.8 Å². The van der Waals surface area contributed by atoms with Crippen LogP contribution in [0.5, 0.6) is 0 Å². The van der Waals surface area contributed by atoms with Crippen LogP contribution in [0.15, 0.2) is 17.1 Å². The van der Waals surface area contributed by atoms with Crippen LogP contribution < -0.4 is 5.73 Å². The van der Waals surface area contributed by atoms with E-state index in [1.165, 1.54) is 12.2 Å². The van der Waals surface area contributed by atoms with Gasteiger partial charge in [-0.25, -0.2) is 4.99 Å². The van der Waals surface area contributed by atoms with Crippen LogP contribution >= 0.6 is 0 Å². The summed E-state index contributed by atoms with van der Waals surface area (Å²) in [6.45, 7) is 3.82. The van der Waals surface area contributed by atoms with Gasteiger partial charge in [0, 0.05) is 12.1 Å². The molecule has 0 aromatic carbocycles. The van der Waals surface area contributed by atoms with Gasteiger partial charge in [0.1, 0.15) is 11.7 Å². The first-order chi connectivity index (χ1) is 5.57. The molecule has 0 aromatic heterocycles. The van der Waals surface area contributed by atoms with Crippen molar-refractivity contribution in [3.63, 3.8) is 0 Å². The molecule has 0 heterocycles. The second kappa shape index (κ2) is 5.23. The maximum atomic E-state index is 7.26. The Balaban J connectivity index is 4.24. The first kappa shape index (κ1) is 10.6. The largest absolute Gasteiger partial charge is 0.387 e. The van der Waals surface area contributed by atoms with E-state index in [1.54, 1.807) is 0 Å². The van der Waals surface area contributed by atoms with Crippen molar-refractivity contribution < 1.29 is 0 Å². The molecule has 0 atom stereocenters. The molecule has 0 bridgehead atoms. The molecule has 0 aliphatic rings. The lowest BCUT2D eigenvalue weighted by molar-refractivity contribution is 0.874. The van der Waals surface area contributed by atoms with E-state index >= 15 is 0 Å². The van der Waals surface area contributed by atoms with Crippen LogP contribution in [0.25, 0.3) is 0 Å². The number of nitrogens with zero attached hydrogens (tertiary/aromatic N) is 1. The van der Waals surface area contributed by atoms with Crippen molar-refractivity contribution in [2.75, 3.05) is 0 Å². The molecule has 0 unspecified atom stereocenters. The lowest BCUT2D eigenvalue weighted by atomic mass is 10.2. The van der Waals surface area contributed by atoms with E-state index in [2.05, 4.69) is 4.99 Å². The van der Waals surface area contributed by atoms with Crippen molar-refractivity contribution in [3.05, 3.63) is 12.2 Å². The van der Waals surface area contributed by atoms with Gasteiger partial charge in [-0.3, -0.25) is 5.41 Å².